The summed E-state index contributed by atoms with van der Waals surface area (Å²) >= 11 is 0. The van der Waals surface area contributed by atoms with E-state index < -0.39 is 0 Å². The lowest BCUT2D eigenvalue weighted by molar-refractivity contribution is 0.0975. The third kappa shape index (κ3) is 1.18. The second-order valence-corrected chi connectivity index (χ2v) is 4.88. The number of carbonyl (C=O) groups is 2. The molecule has 4 rings (SSSR count). The summed E-state index contributed by atoms with van der Waals surface area (Å²) in [4.78, 5) is 29.3. The Hall–Kier alpha value is -2.75. The normalized spacial score (nSPS) is 13.4. The molecule has 1 aromatic carbocycles. The van der Waals surface area contributed by atoms with Crippen molar-refractivity contribution >= 4 is 22.5 Å². The van der Waals surface area contributed by atoms with E-state index in [-0.39, 0.29) is 11.6 Å². The van der Waals surface area contributed by atoms with Crippen LogP contribution in [0.3, 0.4) is 0 Å². The van der Waals surface area contributed by atoms with E-state index in [0.717, 1.165) is 10.9 Å². The minimum absolute atomic E-state index is 0.103. The molecule has 0 aliphatic heterocycles. The van der Waals surface area contributed by atoms with E-state index in [0.29, 0.717) is 22.4 Å². The Bertz CT molecular complexity index is 906. The number of pyridine rings is 1. The summed E-state index contributed by atoms with van der Waals surface area (Å²) < 4.78 is 1.79. The van der Waals surface area contributed by atoms with Crippen molar-refractivity contribution in [3.05, 3.63) is 65.1 Å². The summed E-state index contributed by atoms with van der Waals surface area (Å²) in [5, 5.41) is 0.825. The van der Waals surface area contributed by atoms with Gasteiger partial charge in [-0.15, -0.1) is 0 Å². The molecule has 4 heteroatoms. The van der Waals surface area contributed by atoms with Gasteiger partial charge in [-0.05, 0) is 12.1 Å². The SMILES string of the molecule is Cn1c2c(c3ccccc31)C(=O)c1ccncc1C2=O. The predicted octanol–water partition coefficient (Wildman–Crippen LogP) is 2.35. The first kappa shape index (κ1) is 11.1. The number of aryl methyl sites for hydroxylation is 1. The van der Waals surface area contributed by atoms with Crippen molar-refractivity contribution in [2.75, 3.05) is 0 Å². The van der Waals surface area contributed by atoms with Crippen LogP contribution >= 0.6 is 0 Å². The van der Waals surface area contributed by atoms with Crippen molar-refractivity contribution in [1.82, 2.24) is 9.55 Å². The van der Waals surface area contributed by atoms with Gasteiger partial charge in [-0.25, -0.2) is 0 Å². The minimum atomic E-state index is -0.138. The highest BCUT2D eigenvalue weighted by Gasteiger charge is 2.34. The summed E-state index contributed by atoms with van der Waals surface area (Å²) in [7, 11) is 1.81. The molecule has 96 valence electrons. The maximum absolute atomic E-state index is 12.7. The Kier molecular flexibility index (Phi) is 2.02. The zero-order valence-corrected chi connectivity index (χ0v) is 10.8. The Balaban J connectivity index is 2.18. The number of rotatable bonds is 0. The van der Waals surface area contributed by atoms with Crippen LogP contribution in [0.2, 0.25) is 0 Å². The topological polar surface area (TPSA) is 52.0 Å². The van der Waals surface area contributed by atoms with Crippen molar-refractivity contribution in [3.8, 4) is 0 Å². The maximum Gasteiger partial charge on any atom is 0.212 e. The number of para-hydroxylation sites is 1. The van der Waals surface area contributed by atoms with Crippen molar-refractivity contribution in [1.29, 1.82) is 0 Å². The van der Waals surface area contributed by atoms with Gasteiger partial charge in [-0.1, -0.05) is 18.2 Å². The molecule has 4 nitrogen and oxygen atoms in total. The van der Waals surface area contributed by atoms with E-state index in [9.17, 15) is 9.59 Å². The lowest BCUT2D eigenvalue weighted by Gasteiger charge is -2.15. The van der Waals surface area contributed by atoms with Gasteiger partial charge >= 0.3 is 0 Å². The van der Waals surface area contributed by atoms with Crippen LogP contribution in [0.25, 0.3) is 10.9 Å². The Morgan fingerprint density at radius 2 is 1.80 bits per heavy atom. The van der Waals surface area contributed by atoms with Crippen LogP contribution in [0.1, 0.15) is 32.0 Å². The molecule has 1 aliphatic carbocycles. The molecule has 1 aliphatic rings. The molecule has 0 spiro atoms. The van der Waals surface area contributed by atoms with Crippen LogP contribution in [0.15, 0.2) is 42.7 Å². The second-order valence-electron chi connectivity index (χ2n) is 4.88. The van der Waals surface area contributed by atoms with Crippen LogP contribution in [-0.4, -0.2) is 21.1 Å². The van der Waals surface area contributed by atoms with E-state index in [1.165, 1.54) is 6.20 Å². The number of ketones is 2. The molecular weight excluding hydrogens is 252 g/mol. The van der Waals surface area contributed by atoms with E-state index in [4.69, 9.17) is 0 Å². The molecule has 0 amide bonds. The number of hydrogen-bond acceptors (Lipinski definition) is 3. The van der Waals surface area contributed by atoms with Crippen LogP contribution in [-0.2, 0) is 7.05 Å². The highest BCUT2D eigenvalue weighted by Crippen LogP contribution is 2.33. The second kappa shape index (κ2) is 3.63. The zero-order chi connectivity index (χ0) is 13.9. The fourth-order valence-electron chi connectivity index (χ4n) is 2.92. The van der Waals surface area contributed by atoms with Crippen LogP contribution < -0.4 is 0 Å². The quantitative estimate of drug-likeness (QED) is 0.489. The molecule has 0 bridgehead atoms. The first-order valence-electron chi connectivity index (χ1n) is 6.31. The van der Waals surface area contributed by atoms with Crippen molar-refractivity contribution in [2.24, 2.45) is 7.05 Å². The van der Waals surface area contributed by atoms with E-state index in [1.54, 1.807) is 16.8 Å². The van der Waals surface area contributed by atoms with Crippen molar-refractivity contribution in [2.45, 2.75) is 0 Å². The van der Waals surface area contributed by atoms with Gasteiger partial charge < -0.3 is 4.57 Å². The summed E-state index contributed by atoms with van der Waals surface area (Å²) in [5.74, 6) is -0.241. The molecule has 20 heavy (non-hydrogen) atoms. The Morgan fingerprint density at radius 3 is 2.65 bits per heavy atom. The zero-order valence-electron chi connectivity index (χ0n) is 10.8. The highest BCUT2D eigenvalue weighted by atomic mass is 16.1. The molecule has 0 N–H and O–H groups in total. The van der Waals surface area contributed by atoms with E-state index in [2.05, 4.69) is 4.98 Å². The first-order chi connectivity index (χ1) is 9.70. The number of benzene rings is 1. The highest BCUT2D eigenvalue weighted by molar-refractivity contribution is 6.32. The van der Waals surface area contributed by atoms with Crippen molar-refractivity contribution in [3.63, 3.8) is 0 Å². The summed E-state index contributed by atoms with van der Waals surface area (Å²) in [6.45, 7) is 0. The number of fused-ring (bicyclic) bond motifs is 4. The smallest absolute Gasteiger partial charge is 0.212 e. The monoisotopic (exact) mass is 262 g/mol. The molecule has 0 unspecified atom stereocenters. The summed E-state index contributed by atoms with van der Waals surface area (Å²) in [5.41, 5.74) is 2.67. The largest absolute Gasteiger partial charge is 0.340 e. The maximum atomic E-state index is 12.7. The molecule has 2 aromatic heterocycles. The van der Waals surface area contributed by atoms with E-state index >= 15 is 0 Å². The average Bonchev–Trinajstić information content (AvgIpc) is 2.79. The van der Waals surface area contributed by atoms with Crippen LogP contribution in [0, 0.1) is 0 Å². The number of nitrogens with zero attached hydrogens (tertiary/aromatic N) is 2. The van der Waals surface area contributed by atoms with Gasteiger partial charge in [-0.3, -0.25) is 14.6 Å². The van der Waals surface area contributed by atoms with Gasteiger partial charge in [0, 0.05) is 35.9 Å². The summed E-state index contributed by atoms with van der Waals surface area (Å²) in [6.07, 6.45) is 3.01. The van der Waals surface area contributed by atoms with Gasteiger partial charge in [0.05, 0.1) is 11.1 Å². The number of aromatic nitrogens is 2. The Labute approximate surface area is 114 Å². The fourth-order valence-corrected chi connectivity index (χ4v) is 2.92. The van der Waals surface area contributed by atoms with E-state index in [1.807, 2.05) is 31.3 Å². The van der Waals surface area contributed by atoms with Gasteiger partial charge in [0.15, 0.2) is 5.78 Å². The van der Waals surface area contributed by atoms with Crippen LogP contribution in [0.5, 0.6) is 0 Å². The molecule has 0 saturated carbocycles. The van der Waals surface area contributed by atoms with Crippen LogP contribution in [0.4, 0.5) is 0 Å². The standard InChI is InChI=1S/C16H10N2O2/c1-18-12-5-3-2-4-10(12)13-14(18)16(20)11-8-17-7-6-9(11)15(13)19/h2-8H,1H3. The molecule has 0 radical (unpaired) electrons. The molecule has 0 atom stereocenters. The summed E-state index contributed by atoms with van der Waals surface area (Å²) in [6, 6.07) is 9.18. The third-order valence-electron chi connectivity index (χ3n) is 3.86. The lowest BCUT2D eigenvalue weighted by Crippen LogP contribution is -2.22. The average molecular weight is 262 g/mol. The minimum Gasteiger partial charge on any atom is -0.340 e. The Morgan fingerprint density at radius 1 is 1.00 bits per heavy atom. The fraction of sp³-hybridized carbons (Fsp3) is 0.0625. The predicted molar refractivity (Wildman–Crippen MR) is 74.0 cm³/mol. The molecule has 0 saturated heterocycles. The third-order valence-corrected chi connectivity index (χ3v) is 3.86. The lowest BCUT2D eigenvalue weighted by atomic mass is 9.88. The first-order valence-corrected chi connectivity index (χ1v) is 6.31. The van der Waals surface area contributed by atoms with Gasteiger partial charge in [-0.2, -0.15) is 0 Å². The number of hydrogen-bond donors (Lipinski definition) is 0. The van der Waals surface area contributed by atoms with Crippen molar-refractivity contribution < 1.29 is 9.59 Å². The molecule has 0 fully saturated rings. The van der Waals surface area contributed by atoms with Gasteiger partial charge in [0.2, 0.25) is 5.78 Å². The van der Waals surface area contributed by atoms with Gasteiger partial charge in [0.25, 0.3) is 0 Å². The molecule has 3 aromatic rings. The molecular formula is C16H10N2O2. The number of carbonyl (C=O) groups excluding carboxylic acids is 2. The molecule has 2 heterocycles. The van der Waals surface area contributed by atoms with Gasteiger partial charge in [0.1, 0.15) is 5.69 Å².